The molecule has 4 N–H and O–H groups in total. The van der Waals surface area contributed by atoms with Gasteiger partial charge in [-0.3, -0.25) is 4.98 Å². The van der Waals surface area contributed by atoms with Crippen LogP contribution >= 0.6 is 11.6 Å². The predicted octanol–water partition coefficient (Wildman–Crippen LogP) is 2.11. The van der Waals surface area contributed by atoms with Gasteiger partial charge < -0.3 is 10.8 Å². The molecule has 0 aliphatic carbocycles. The Kier molecular flexibility index (Phi) is 4.17. The van der Waals surface area contributed by atoms with Crippen molar-refractivity contribution in [3.05, 3.63) is 47.2 Å². The number of nitrogens with zero attached hydrogens (tertiary/aromatic N) is 2. The zero-order chi connectivity index (χ0) is 14.5. The monoisotopic (exact) mass is 290 g/mol. The van der Waals surface area contributed by atoms with Crippen molar-refractivity contribution >= 4 is 23.8 Å². The van der Waals surface area contributed by atoms with Gasteiger partial charge in [0.2, 0.25) is 0 Å². The highest BCUT2D eigenvalue weighted by molar-refractivity contribution is 6.30. The van der Waals surface area contributed by atoms with E-state index in [1.54, 1.807) is 30.3 Å². The fourth-order valence-corrected chi connectivity index (χ4v) is 1.71. The molecule has 0 saturated carbocycles. The van der Waals surface area contributed by atoms with Crippen molar-refractivity contribution in [2.24, 2.45) is 10.8 Å². The van der Waals surface area contributed by atoms with Crippen LogP contribution in [0.3, 0.4) is 0 Å². The van der Waals surface area contributed by atoms with E-state index in [-0.39, 0.29) is 11.4 Å². The van der Waals surface area contributed by atoms with Gasteiger partial charge in [0.15, 0.2) is 5.75 Å². The molecule has 0 unspecified atom stereocenters. The summed E-state index contributed by atoms with van der Waals surface area (Å²) >= 11 is 5.82. The maximum atomic E-state index is 10.5. The molecule has 0 aliphatic heterocycles. The number of benzene rings is 1. The van der Waals surface area contributed by atoms with E-state index in [1.807, 2.05) is 5.43 Å². The lowest BCUT2D eigenvalue weighted by Gasteiger charge is -2.06. The number of primary amides is 1. The number of hydrogen-bond donors (Lipinski definition) is 3. The standard InChI is InChI=1S/C13H11ClN4O2/c14-9-3-1-8(2-4-9)10-5-6-16-11(12(10)19)7-17-18-13(15)20/h1-7,19H,(H3,15,18,20). The summed E-state index contributed by atoms with van der Waals surface area (Å²) < 4.78 is 0. The van der Waals surface area contributed by atoms with E-state index < -0.39 is 6.03 Å². The first-order chi connectivity index (χ1) is 9.58. The summed E-state index contributed by atoms with van der Waals surface area (Å²) in [5.74, 6) is -0.0511. The molecule has 0 aliphatic rings. The summed E-state index contributed by atoms with van der Waals surface area (Å²) in [6.07, 6.45) is 2.73. The number of nitrogens with two attached hydrogens (primary N) is 1. The largest absolute Gasteiger partial charge is 0.505 e. The average Bonchev–Trinajstić information content (AvgIpc) is 2.41. The predicted molar refractivity (Wildman–Crippen MR) is 76.7 cm³/mol. The Bertz CT molecular complexity index is 656. The van der Waals surface area contributed by atoms with Gasteiger partial charge in [-0.1, -0.05) is 23.7 Å². The molecule has 6 nitrogen and oxygen atoms in total. The van der Waals surface area contributed by atoms with Crippen LogP contribution in [-0.2, 0) is 0 Å². The molecule has 2 amide bonds. The number of urea groups is 1. The lowest BCUT2D eigenvalue weighted by atomic mass is 10.1. The molecule has 0 fully saturated rings. The van der Waals surface area contributed by atoms with E-state index in [0.717, 1.165) is 5.56 Å². The van der Waals surface area contributed by atoms with Crippen molar-refractivity contribution in [2.45, 2.75) is 0 Å². The summed E-state index contributed by atoms with van der Waals surface area (Å²) in [6, 6.07) is 7.87. The van der Waals surface area contributed by atoms with Crippen molar-refractivity contribution in [1.82, 2.24) is 10.4 Å². The Morgan fingerprint density at radius 1 is 1.35 bits per heavy atom. The molecular weight excluding hydrogens is 280 g/mol. The second-order valence-corrected chi connectivity index (χ2v) is 4.27. The Hall–Kier alpha value is -2.60. The topological polar surface area (TPSA) is 101 Å². The van der Waals surface area contributed by atoms with Crippen LogP contribution in [0.4, 0.5) is 4.79 Å². The van der Waals surface area contributed by atoms with E-state index in [2.05, 4.69) is 10.1 Å². The number of halogens is 1. The molecule has 7 heteroatoms. The zero-order valence-electron chi connectivity index (χ0n) is 10.2. The van der Waals surface area contributed by atoms with Gasteiger partial charge in [0.05, 0.1) is 6.21 Å². The van der Waals surface area contributed by atoms with Gasteiger partial charge in [0.25, 0.3) is 0 Å². The van der Waals surface area contributed by atoms with Gasteiger partial charge in [0.1, 0.15) is 5.69 Å². The second-order valence-electron chi connectivity index (χ2n) is 3.83. The maximum absolute atomic E-state index is 10.5. The van der Waals surface area contributed by atoms with Crippen molar-refractivity contribution < 1.29 is 9.90 Å². The van der Waals surface area contributed by atoms with Crippen LogP contribution in [0.5, 0.6) is 5.75 Å². The third-order valence-corrected chi connectivity index (χ3v) is 2.72. The molecule has 0 radical (unpaired) electrons. The molecule has 2 rings (SSSR count). The van der Waals surface area contributed by atoms with Crippen molar-refractivity contribution in [1.29, 1.82) is 0 Å². The van der Waals surface area contributed by atoms with E-state index >= 15 is 0 Å². The molecule has 1 aromatic carbocycles. The van der Waals surface area contributed by atoms with Gasteiger partial charge in [-0.15, -0.1) is 0 Å². The SMILES string of the molecule is NC(=O)NN=Cc1nccc(-c2ccc(Cl)cc2)c1O. The smallest absolute Gasteiger partial charge is 0.332 e. The summed E-state index contributed by atoms with van der Waals surface area (Å²) in [4.78, 5) is 14.5. The molecule has 0 atom stereocenters. The molecular formula is C13H11ClN4O2. The molecule has 1 heterocycles. The van der Waals surface area contributed by atoms with Gasteiger partial charge in [-0.25, -0.2) is 10.2 Å². The fourth-order valence-electron chi connectivity index (χ4n) is 1.58. The quantitative estimate of drug-likeness (QED) is 0.596. The number of hydrogen-bond acceptors (Lipinski definition) is 4. The number of nitrogens with one attached hydrogen (secondary N) is 1. The summed E-state index contributed by atoms with van der Waals surface area (Å²) in [7, 11) is 0. The molecule has 102 valence electrons. The molecule has 0 saturated heterocycles. The normalized spacial score (nSPS) is 10.7. The van der Waals surface area contributed by atoms with Crippen LogP contribution in [0.2, 0.25) is 5.02 Å². The Balaban J connectivity index is 2.34. The minimum absolute atomic E-state index is 0.0511. The Morgan fingerprint density at radius 2 is 2.05 bits per heavy atom. The van der Waals surface area contributed by atoms with E-state index in [1.165, 1.54) is 12.4 Å². The molecule has 20 heavy (non-hydrogen) atoms. The van der Waals surface area contributed by atoms with Crippen LogP contribution in [0.1, 0.15) is 5.69 Å². The number of amides is 2. The first-order valence-electron chi connectivity index (χ1n) is 5.60. The average molecular weight is 291 g/mol. The van der Waals surface area contributed by atoms with Crippen LogP contribution < -0.4 is 11.2 Å². The van der Waals surface area contributed by atoms with Crippen molar-refractivity contribution in [3.63, 3.8) is 0 Å². The Labute approximate surface area is 119 Å². The molecule has 1 aromatic heterocycles. The molecule has 2 aromatic rings. The number of hydrazone groups is 1. The van der Waals surface area contributed by atoms with E-state index in [0.29, 0.717) is 10.6 Å². The van der Waals surface area contributed by atoms with Crippen molar-refractivity contribution in [3.8, 4) is 16.9 Å². The highest BCUT2D eigenvalue weighted by atomic mass is 35.5. The minimum Gasteiger partial charge on any atom is -0.505 e. The van der Waals surface area contributed by atoms with Gasteiger partial charge in [-0.05, 0) is 23.8 Å². The van der Waals surface area contributed by atoms with Crippen LogP contribution in [-0.4, -0.2) is 22.3 Å². The number of rotatable bonds is 3. The van der Waals surface area contributed by atoms with Crippen LogP contribution in [0.25, 0.3) is 11.1 Å². The maximum Gasteiger partial charge on any atom is 0.332 e. The van der Waals surface area contributed by atoms with Crippen LogP contribution in [0.15, 0.2) is 41.6 Å². The first-order valence-corrected chi connectivity index (χ1v) is 5.98. The summed E-state index contributed by atoms with van der Waals surface area (Å²) in [6.45, 7) is 0. The number of aromatic hydroxyl groups is 1. The lowest BCUT2D eigenvalue weighted by molar-refractivity contribution is 0.249. The second kappa shape index (κ2) is 6.03. The van der Waals surface area contributed by atoms with Gasteiger partial charge >= 0.3 is 6.03 Å². The van der Waals surface area contributed by atoms with Crippen molar-refractivity contribution in [2.75, 3.05) is 0 Å². The fraction of sp³-hybridized carbons (Fsp3) is 0. The molecule has 0 bridgehead atoms. The summed E-state index contributed by atoms with van der Waals surface area (Å²) in [5, 5.41) is 14.3. The van der Waals surface area contributed by atoms with Gasteiger partial charge in [0, 0.05) is 16.8 Å². The summed E-state index contributed by atoms with van der Waals surface area (Å²) in [5.41, 5.74) is 8.48. The highest BCUT2D eigenvalue weighted by Crippen LogP contribution is 2.30. The zero-order valence-corrected chi connectivity index (χ0v) is 11.0. The third-order valence-electron chi connectivity index (χ3n) is 2.47. The Morgan fingerprint density at radius 3 is 2.70 bits per heavy atom. The number of carbonyl (C=O) groups excluding carboxylic acids is 1. The number of carbonyl (C=O) groups is 1. The third kappa shape index (κ3) is 3.24. The number of pyridine rings is 1. The van der Waals surface area contributed by atoms with Crippen LogP contribution in [0, 0.1) is 0 Å². The van der Waals surface area contributed by atoms with Gasteiger partial charge in [-0.2, -0.15) is 5.10 Å². The highest BCUT2D eigenvalue weighted by Gasteiger charge is 2.08. The minimum atomic E-state index is -0.797. The lowest BCUT2D eigenvalue weighted by Crippen LogP contribution is -2.24. The molecule has 0 spiro atoms. The first kappa shape index (κ1) is 13.8. The number of aromatic nitrogens is 1. The van der Waals surface area contributed by atoms with E-state index in [4.69, 9.17) is 17.3 Å². The van der Waals surface area contributed by atoms with E-state index in [9.17, 15) is 9.90 Å².